The van der Waals surface area contributed by atoms with E-state index < -0.39 is 38.9 Å². The van der Waals surface area contributed by atoms with Crippen LogP contribution in [0.25, 0.3) is 10.8 Å². The lowest BCUT2D eigenvalue weighted by Gasteiger charge is -2.40. The van der Waals surface area contributed by atoms with Gasteiger partial charge in [0.1, 0.15) is 16.5 Å². The lowest BCUT2D eigenvalue weighted by Crippen LogP contribution is -2.19. The minimum absolute atomic E-state index is 0.0641. The van der Waals surface area contributed by atoms with Gasteiger partial charge in [0.05, 0.1) is 18.7 Å². The number of aromatic nitrogens is 1. The van der Waals surface area contributed by atoms with Gasteiger partial charge >= 0.3 is 10.2 Å². The third-order valence-electron chi connectivity index (χ3n) is 5.08. The zero-order valence-corrected chi connectivity index (χ0v) is 19.2. The van der Waals surface area contributed by atoms with Gasteiger partial charge in [0.25, 0.3) is 5.91 Å². The third-order valence-corrected chi connectivity index (χ3v) is 6.21. The fraction of sp³-hybridized carbons (Fsp3) is 0.238. The molecule has 13 heteroatoms. The molecule has 2 aromatic carbocycles. The fourth-order valence-electron chi connectivity index (χ4n) is 3.41. The van der Waals surface area contributed by atoms with Crippen LogP contribution in [0.4, 0.5) is 30.9 Å². The molecule has 0 aliphatic rings. The Kier molecular flexibility index (Phi) is 5.76. The van der Waals surface area contributed by atoms with Crippen LogP contribution >= 0.6 is 10.2 Å². The quantitative estimate of drug-likeness (QED) is 0.274. The van der Waals surface area contributed by atoms with Crippen molar-refractivity contribution in [2.45, 2.75) is 18.4 Å². The Hall–Kier alpha value is -3.48. The van der Waals surface area contributed by atoms with Crippen molar-refractivity contribution in [3.05, 3.63) is 47.7 Å². The van der Waals surface area contributed by atoms with Gasteiger partial charge in [-0.1, -0.05) is 19.4 Å². The number of nitrogens with two attached hydrogens (primary N) is 1. The van der Waals surface area contributed by atoms with Crippen LogP contribution in [-0.4, -0.2) is 37.0 Å². The molecule has 0 saturated carbocycles. The molecule has 186 valence electrons. The van der Waals surface area contributed by atoms with Crippen LogP contribution in [0.5, 0.6) is 5.75 Å². The highest BCUT2D eigenvalue weighted by atomic mass is 32.5. The first kappa shape index (κ1) is 25.1. The number of ether oxygens (including phenoxy) is 1. The van der Waals surface area contributed by atoms with E-state index in [-0.39, 0.29) is 41.6 Å². The van der Waals surface area contributed by atoms with E-state index in [2.05, 4.69) is 10.6 Å². The zero-order chi connectivity index (χ0) is 25.5. The van der Waals surface area contributed by atoms with E-state index in [1.165, 1.54) is 30.9 Å². The van der Waals surface area contributed by atoms with E-state index in [0.29, 0.717) is 10.8 Å². The number of nitrogens with one attached hydrogen (secondary N) is 2. The minimum Gasteiger partial charge on any atom is -0.493 e. The van der Waals surface area contributed by atoms with Crippen LogP contribution in [0.2, 0.25) is 0 Å². The average molecular weight is 506 g/mol. The van der Waals surface area contributed by atoms with E-state index in [0.717, 1.165) is 6.07 Å². The smallest absolute Gasteiger partial charge is 0.310 e. The Labute approximate surface area is 191 Å². The summed E-state index contributed by atoms with van der Waals surface area (Å²) >= 11 is 0. The van der Waals surface area contributed by atoms with Crippen LogP contribution in [0.3, 0.4) is 0 Å². The molecule has 3 aromatic rings. The van der Waals surface area contributed by atoms with Gasteiger partial charge in [-0.3, -0.25) is 9.59 Å². The van der Waals surface area contributed by atoms with Gasteiger partial charge in [-0.2, -0.15) is 0 Å². The molecular weight excluding hydrogens is 483 g/mol. The number of anilines is 2. The molecule has 0 atom stereocenters. The number of hydrogen-bond acceptors (Lipinski definition) is 5. The Bertz CT molecular complexity index is 1310. The molecule has 0 spiro atoms. The molecule has 0 saturated heterocycles. The highest BCUT2D eigenvalue weighted by molar-refractivity contribution is 8.45. The topological polar surface area (TPSA) is 98.4 Å². The van der Waals surface area contributed by atoms with E-state index >= 15 is 0 Å². The Balaban J connectivity index is 2.06. The summed E-state index contributed by atoms with van der Waals surface area (Å²) in [6.07, 6.45) is 1.46. The predicted octanol–water partition coefficient (Wildman–Crippen LogP) is 5.56. The van der Waals surface area contributed by atoms with Crippen molar-refractivity contribution in [1.82, 2.24) is 9.88 Å². The van der Waals surface area contributed by atoms with E-state index in [9.17, 15) is 29.0 Å². The van der Waals surface area contributed by atoms with Crippen molar-refractivity contribution in [3.8, 4) is 5.75 Å². The van der Waals surface area contributed by atoms with Gasteiger partial charge < -0.3 is 25.7 Å². The molecule has 4 N–H and O–H groups in total. The van der Waals surface area contributed by atoms with Crippen molar-refractivity contribution in [1.29, 1.82) is 0 Å². The summed E-state index contributed by atoms with van der Waals surface area (Å²) in [5, 5.41) is 5.76. The molecule has 34 heavy (non-hydrogen) atoms. The highest BCUT2D eigenvalue weighted by Gasteiger charge is 2.65. The molecule has 0 bridgehead atoms. The number of nitrogen functional groups attached to an aromatic ring is 1. The van der Waals surface area contributed by atoms with Gasteiger partial charge in [-0.25, -0.2) is 0 Å². The number of carbonyl (C=O) groups is 2. The number of Topliss-reactive ketones (excluding diaryl/α,β-unsaturated/α-hetero) is 1. The van der Waals surface area contributed by atoms with Gasteiger partial charge in [0, 0.05) is 42.3 Å². The van der Waals surface area contributed by atoms with Gasteiger partial charge in [-0.15, -0.1) is 0 Å². The van der Waals surface area contributed by atoms with Crippen LogP contribution in [0.15, 0.2) is 41.4 Å². The Morgan fingerprint density at radius 1 is 1.06 bits per heavy atom. The maximum atomic E-state index is 13.4. The number of ketones is 1. The first-order valence-corrected chi connectivity index (χ1v) is 11.9. The molecule has 0 unspecified atom stereocenters. The molecule has 0 fully saturated rings. The summed E-state index contributed by atoms with van der Waals surface area (Å²) in [4.78, 5) is 22.8. The monoisotopic (exact) mass is 506 g/mol. The second-order valence-electron chi connectivity index (χ2n) is 7.48. The number of carbonyl (C=O) groups excluding carboxylic acids is 2. The maximum absolute atomic E-state index is 13.4. The lowest BCUT2D eigenvalue weighted by molar-refractivity contribution is 0.0955. The maximum Gasteiger partial charge on any atom is 0.310 e. The molecular formula is C21H23F5N4O3S. The first-order valence-electron chi connectivity index (χ1n) is 9.95. The summed E-state index contributed by atoms with van der Waals surface area (Å²) in [6, 6.07) is 4.47. The van der Waals surface area contributed by atoms with Crippen LogP contribution in [0, 0.1) is 0 Å². The third kappa shape index (κ3) is 5.03. The fourth-order valence-corrected chi connectivity index (χ4v) is 4.11. The lowest BCUT2D eigenvalue weighted by atomic mass is 10.1. The zero-order valence-electron chi connectivity index (χ0n) is 18.4. The van der Waals surface area contributed by atoms with Crippen molar-refractivity contribution < 1.29 is 33.8 Å². The van der Waals surface area contributed by atoms with Crippen molar-refractivity contribution >= 4 is 44.2 Å². The van der Waals surface area contributed by atoms with Crippen molar-refractivity contribution in [3.63, 3.8) is 0 Å². The van der Waals surface area contributed by atoms with Crippen LogP contribution in [0.1, 0.15) is 27.6 Å². The Morgan fingerprint density at radius 2 is 1.74 bits per heavy atom. The van der Waals surface area contributed by atoms with Crippen LogP contribution < -0.4 is 21.1 Å². The minimum atomic E-state index is -10.0. The van der Waals surface area contributed by atoms with Gasteiger partial charge in [0.15, 0.2) is 5.78 Å². The van der Waals surface area contributed by atoms with Gasteiger partial charge in [-0.05, 0) is 37.3 Å². The van der Waals surface area contributed by atoms with Crippen molar-refractivity contribution in [2.75, 3.05) is 31.8 Å². The van der Waals surface area contributed by atoms with E-state index in [1.54, 1.807) is 13.0 Å². The molecule has 3 rings (SSSR count). The molecule has 1 heterocycles. The van der Waals surface area contributed by atoms with E-state index in [4.69, 9.17) is 10.5 Å². The number of rotatable bonds is 8. The SMILES string of the molecule is CCOc1cc2cn(CC(=O)c3cc(NC)cc(S(F)(F)(F)(F)F)c3)c(N)c2cc1C(=O)NC. The number of halogens is 5. The number of fused-ring (bicyclic) bond motifs is 1. The molecule has 0 aliphatic carbocycles. The van der Waals surface area contributed by atoms with Crippen molar-refractivity contribution in [2.24, 2.45) is 0 Å². The predicted molar refractivity (Wildman–Crippen MR) is 123 cm³/mol. The molecule has 1 aromatic heterocycles. The van der Waals surface area contributed by atoms with Gasteiger partial charge in [0.2, 0.25) is 0 Å². The molecule has 7 nitrogen and oxygen atoms in total. The summed E-state index contributed by atoms with van der Waals surface area (Å²) < 4.78 is 73.6. The second-order valence-corrected chi connectivity index (χ2v) is 9.89. The summed E-state index contributed by atoms with van der Waals surface area (Å²) in [6.45, 7) is 1.49. The standard InChI is InChI=1S/C21H23F5N4O3S/c1-4-33-19-7-13-10-30(20(27)16(13)9-17(19)21(32)29-3)11-18(31)12-5-14(28-2)8-15(6-12)34(22,23,24,25)26/h5-10,28H,4,11,27H2,1-3H3,(H,29,32). The first-order chi connectivity index (χ1) is 15.6. The molecule has 1 amide bonds. The Morgan fingerprint density at radius 3 is 2.29 bits per heavy atom. The highest BCUT2D eigenvalue weighted by Crippen LogP contribution is 3.02. The number of benzene rings is 2. The second kappa shape index (κ2) is 7.79. The molecule has 0 aliphatic heterocycles. The number of hydrogen-bond donors (Lipinski definition) is 3. The summed E-state index contributed by atoms with van der Waals surface area (Å²) in [5.74, 6) is -0.959. The number of amides is 1. The normalized spacial score (nSPS) is 13.8. The van der Waals surface area contributed by atoms with Crippen LogP contribution in [-0.2, 0) is 6.54 Å². The average Bonchev–Trinajstić information content (AvgIpc) is 3.05. The summed E-state index contributed by atoms with van der Waals surface area (Å²) in [7, 11) is -7.33. The van der Waals surface area contributed by atoms with E-state index in [1.807, 2.05) is 0 Å². The summed E-state index contributed by atoms with van der Waals surface area (Å²) in [5.41, 5.74) is 5.48. The number of nitrogens with zero attached hydrogens (tertiary/aromatic N) is 1. The molecule has 0 radical (unpaired) electrons. The largest absolute Gasteiger partial charge is 0.493 e.